The van der Waals surface area contributed by atoms with Gasteiger partial charge in [-0.2, -0.15) is 5.26 Å². The van der Waals surface area contributed by atoms with Crippen LogP contribution in [-0.2, 0) is 4.79 Å². The van der Waals surface area contributed by atoms with Gasteiger partial charge in [-0.3, -0.25) is 4.79 Å². The molecule has 0 aliphatic rings. The van der Waals surface area contributed by atoms with Crippen molar-refractivity contribution in [3.8, 4) is 6.07 Å². The summed E-state index contributed by atoms with van der Waals surface area (Å²) in [5.74, 6) is 0.296. The summed E-state index contributed by atoms with van der Waals surface area (Å²) in [5, 5.41) is 8.68. The lowest BCUT2D eigenvalue weighted by molar-refractivity contribution is -0.132. The molecule has 0 bridgehead atoms. The molecule has 0 fully saturated rings. The molecule has 0 aromatic heterocycles. The molecule has 0 spiro atoms. The van der Waals surface area contributed by atoms with Crippen LogP contribution in [0.25, 0.3) is 0 Å². The normalized spacial score (nSPS) is 15.6. The molecule has 0 aromatic carbocycles. The topological polar surface area (TPSA) is 70.1 Å². The largest absolute Gasteiger partial charge is 0.344 e. The number of amides is 1. The van der Waals surface area contributed by atoms with Crippen LogP contribution in [0.2, 0.25) is 0 Å². The molecule has 4 heteroatoms. The van der Waals surface area contributed by atoms with E-state index in [1.165, 1.54) is 0 Å². The van der Waals surface area contributed by atoms with Gasteiger partial charge in [0.25, 0.3) is 0 Å². The number of nitrogens with two attached hydrogens (primary N) is 1. The van der Waals surface area contributed by atoms with Gasteiger partial charge in [-0.25, -0.2) is 0 Å². The number of carbonyl (C=O) groups is 1. The zero-order chi connectivity index (χ0) is 14.1. The maximum absolute atomic E-state index is 12.0. The van der Waals surface area contributed by atoms with E-state index in [4.69, 9.17) is 11.0 Å². The predicted octanol–water partition coefficient (Wildman–Crippen LogP) is 2.15. The van der Waals surface area contributed by atoms with Crippen molar-refractivity contribution in [1.82, 2.24) is 4.90 Å². The van der Waals surface area contributed by atoms with Crippen molar-refractivity contribution in [3.05, 3.63) is 0 Å². The van der Waals surface area contributed by atoms with Gasteiger partial charge in [0.05, 0.1) is 12.1 Å². The van der Waals surface area contributed by atoms with Crippen LogP contribution in [0.3, 0.4) is 0 Å². The first-order chi connectivity index (χ1) is 8.43. The molecule has 0 aromatic rings. The smallest absolute Gasteiger partial charge is 0.239 e. The molecule has 0 heterocycles. The zero-order valence-electron chi connectivity index (χ0n) is 12.1. The second kappa shape index (κ2) is 8.93. The first-order valence-corrected chi connectivity index (χ1v) is 6.84. The van der Waals surface area contributed by atoms with Crippen molar-refractivity contribution in [2.45, 2.75) is 52.5 Å². The van der Waals surface area contributed by atoms with E-state index in [0.717, 1.165) is 25.7 Å². The molecular weight excluding hydrogens is 226 g/mol. The highest BCUT2D eigenvalue weighted by Gasteiger charge is 2.22. The Balaban J connectivity index is 4.06. The molecule has 3 unspecified atom stereocenters. The van der Waals surface area contributed by atoms with Gasteiger partial charge in [-0.1, -0.05) is 20.3 Å². The summed E-state index contributed by atoms with van der Waals surface area (Å²) in [6.45, 7) is 6.70. The van der Waals surface area contributed by atoms with Crippen LogP contribution >= 0.6 is 0 Å². The number of hydrogen-bond acceptors (Lipinski definition) is 3. The minimum Gasteiger partial charge on any atom is -0.344 e. The minimum atomic E-state index is -0.400. The van der Waals surface area contributed by atoms with Crippen molar-refractivity contribution in [3.63, 3.8) is 0 Å². The second-order valence-corrected chi connectivity index (χ2v) is 5.22. The fraction of sp³-hybridized carbons (Fsp3) is 0.857. The Morgan fingerprint density at radius 1 is 1.39 bits per heavy atom. The van der Waals surface area contributed by atoms with Gasteiger partial charge in [0.2, 0.25) is 5.91 Å². The highest BCUT2D eigenvalue weighted by atomic mass is 16.2. The maximum atomic E-state index is 12.0. The average molecular weight is 253 g/mol. The Kier molecular flexibility index (Phi) is 8.40. The predicted molar refractivity (Wildman–Crippen MR) is 73.7 cm³/mol. The van der Waals surface area contributed by atoms with Crippen molar-refractivity contribution < 1.29 is 4.79 Å². The van der Waals surface area contributed by atoms with Gasteiger partial charge in [0.1, 0.15) is 0 Å². The van der Waals surface area contributed by atoms with Crippen LogP contribution in [0.1, 0.15) is 46.5 Å². The molecule has 0 aliphatic heterocycles. The SMILES string of the molecule is CCCC(C)C(N)C(=O)N(C)CCCC(C)C#N. The quantitative estimate of drug-likeness (QED) is 0.720. The third kappa shape index (κ3) is 6.02. The summed E-state index contributed by atoms with van der Waals surface area (Å²) in [4.78, 5) is 13.7. The molecule has 1 amide bonds. The van der Waals surface area contributed by atoms with E-state index in [1.54, 1.807) is 11.9 Å². The number of nitrogens with zero attached hydrogens (tertiary/aromatic N) is 2. The lowest BCUT2D eigenvalue weighted by Gasteiger charge is -2.25. The average Bonchev–Trinajstić information content (AvgIpc) is 2.36. The second-order valence-electron chi connectivity index (χ2n) is 5.22. The highest BCUT2D eigenvalue weighted by molar-refractivity contribution is 5.81. The van der Waals surface area contributed by atoms with Crippen LogP contribution < -0.4 is 5.73 Å². The lowest BCUT2D eigenvalue weighted by Crippen LogP contribution is -2.45. The highest BCUT2D eigenvalue weighted by Crippen LogP contribution is 2.11. The zero-order valence-corrected chi connectivity index (χ0v) is 12.1. The van der Waals surface area contributed by atoms with Crippen LogP contribution in [0.15, 0.2) is 0 Å². The monoisotopic (exact) mass is 253 g/mol. The summed E-state index contributed by atoms with van der Waals surface area (Å²) in [7, 11) is 1.79. The van der Waals surface area contributed by atoms with E-state index in [0.29, 0.717) is 6.54 Å². The molecule has 2 N–H and O–H groups in total. The fourth-order valence-corrected chi connectivity index (χ4v) is 1.94. The van der Waals surface area contributed by atoms with E-state index in [2.05, 4.69) is 13.0 Å². The van der Waals surface area contributed by atoms with Gasteiger partial charge >= 0.3 is 0 Å². The van der Waals surface area contributed by atoms with Crippen LogP contribution in [0.4, 0.5) is 0 Å². The Hall–Kier alpha value is -1.08. The molecule has 18 heavy (non-hydrogen) atoms. The van der Waals surface area contributed by atoms with E-state index in [9.17, 15) is 4.79 Å². The van der Waals surface area contributed by atoms with E-state index in [-0.39, 0.29) is 17.7 Å². The molecule has 3 atom stereocenters. The Morgan fingerprint density at radius 3 is 2.50 bits per heavy atom. The van der Waals surface area contributed by atoms with Gasteiger partial charge in [0.15, 0.2) is 0 Å². The molecule has 0 saturated heterocycles. The van der Waals surface area contributed by atoms with Crippen molar-refractivity contribution in [2.24, 2.45) is 17.6 Å². The molecule has 0 saturated carbocycles. The van der Waals surface area contributed by atoms with E-state index >= 15 is 0 Å². The molecule has 0 rings (SSSR count). The Labute approximate surface area is 111 Å². The van der Waals surface area contributed by atoms with Crippen LogP contribution in [-0.4, -0.2) is 30.4 Å². The number of hydrogen-bond donors (Lipinski definition) is 1. The van der Waals surface area contributed by atoms with Gasteiger partial charge in [-0.15, -0.1) is 0 Å². The first-order valence-electron chi connectivity index (χ1n) is 6.84. The Bertz CT molecular complexity index is 285. The number of nitriles is 1. The first kappa shape index (κ1) is 16.9. The number of rotatable bonds is 8. The van der Waals surface area contributed by atoms with Crippen LogP contribution in [0, 0.1) is 23.2 Å². The molecule has 0 aliphatic carbocycles. The van der Waals surface area contributed by atoms with E-state index < -0.39 is 6.04 Å². The summed E-state index contributed by atoms with van der Waals surface area (Å²) in [6, 6.07) is 1.80. The molecular formula is C14H27N3O. The standard InChI is InChI=1S/C14H27N3O/c1-5-7-12(3)13(16)14(18)17(4)9-6-8-11(2)10-15/h11-13H,5-9,16H2,1-4H3. The summed E-state index contributed by atoms with van der Waals surface area (Å²) < 4.78 is 0. The van der Waals surface area contributed by atoms with Gasteiger partial charge in [0, 0.05) is 19.5 Å². The fourth-order valence-electron chi connectivity index (χ4n) is 1.94. The van der Waals surface area contributed by atoms with Gasteiger partial charge in [-0.05, 0) is 32.1 Å². The summed E-state index contributed by atoms with van der Waals surface area (Å²) >= 11 is 0. The van der Waals surface area contributed by atoms with Gasteiger partial charge < -0.3 is 10.6 Å². The third-order valence-corrected chi connectivity index (χ3v) is 3.37. The summed E-state index contributed by atoms with van der Waals surface area (Å²) in [6.07, 6.45) is 3.71. The van der Waals surface area contributed by atoms with Crippen molar-refractivity contribution in [1.29, 1.82) is 5.26 Å². The van der Waals surface area contributed by atoms with Crippen molar-refractivity contribution in [2.75, 3.05) is 13.6 Å². The minimum absolute atomic E-state index is 0.0144. The molecule has 0 radical (unpaired) electrons. The number of likely N-dealkylation sites (N-methyl/N-ethyl adjacent to an activating group) is 1. The van der Waals surface area contributed by atoms with Crippen LogP contribution in [0.5, 0.6) is 0 Å². The lowest BCUT2D eigenvalue weighted by atomic mass is 9.96. The number of carbonyl (C=O) groups excluding carboxylic acids is 1. The van der Waals surface area contributed by atoms with Crippen molar-refractivity contribution >= 4 is 5.91 Å². The Morgan fingerprint density at radius 2 is 2.00 bits per heavy atom. The maximum Gasteiger partial charge on any atom is 0.239 e. The molecule has 4 nitrogen and oxygen atoms in total. The third-order valence-electron chi connectivity index (χ3n) is 3.37. The molecule has 104 valence electrons. The summed E-state index contributed by atoms with van der Waals surface area (Å²) in [5.41, 5.74) is 5.96. The van der Waals surface area contributed by atoms with E-state index in [1.807, 2.05) is 13.8 Å².